The smallest absolute Gasteiger partial charge is 0.133 e. The van der Waals surface area contributed by atoms with Crippen molar-refractivity contribution in [2.45, 2.75) is 13.0 Å². The largest absolute Gasteiger partial charge is 0.496 e. The molecule has 0 spiro atoms. The van der Waals surface area contributed by atoms with Crippen LogP contribution in [0.4, 0.5) is 0 Å². The minimum atomic E-state index is -0.238. The van der Waals surface area contributed by atoms with Crippen molar-refractivity contribution in [1.29, 1.82) is 0 Å². The molecule has 20 heavy (non-hydrogen) atoms. The second-order valence-corrected chi connectivity index (χ2v) is 5.20. The van der Waals surface area contributed by atoms with Gasteiger partial charge in [-0.15, -0.1) is 0 Å². The van der Waals surface area contributed by atoms with Gasteiger partial charge >= 0.3 is 0 Å². The predicted octanol–water partition coefficient (Wildman–Crippen LogP) is 3.90. The molecule has 1 unspecified atom stereocenters. The minimum absolute atomic E-state index is 0.238. The number of para-hydroxylation sites is 1. The van der Waals surface area contributed by atoms with Crippen molar-refractivity contribution in [2.24, 2.45) is 5.73 Å². The van der Waals surface area contributed by atoms with Gasteiger partial charge in [-0.2, -0.15) is 0 Å². The van der Waals surface area contributed by atoms with E-state index in [0.29, 0.717) is 6.61 Å². The van der Waals surface area contributed by atoms with Crippen LogP contribution >= 0.6 is 15.9 Å². The maximum Gasteiger partial charge on any atom is 0.133 e. The Morgan fingerprint density at radius 3 is 2.55 bits per heavy atom. The molecule has 0 bridgehead atoms. The van der Waals surface area contributed by atoms with Gasteiger partial charge in [0.2, 0.25) is 0 Å². The third-order valence-electron chi connectivity index (χ3n) is 3.09. The number of halogens is 1. The molecule has 0 aliphatic rings. The van der Waals surface area contributed by atoms with E-state index < -0.39 is 0 Å². The molecule has 0 aliphatic carbocycles. The Kier molecular flexibility index (Phi) is 5.04. The van der Waals surface area contributed by atoms with E-state index in [4.69, 9.17) is 15.2 Å². The van der Waals surface area contributed by atoms with Gasteiger partial charge in [0.05, 0.1) is 24.2 Å². The highest BCUT2D eigenvalue weighted by molar-refractivity contribution is 9.10. The Bertz CT molecular complexity index is 586. The van der Waals surface area contributed by atoms with Crippen LogP contribution in [0.2, 0.25) is 0 Å². The SMILES string of the molecule is CCOc1ccc(C(N)c2ccccc2OC)cc1Br. The van der Waals surface area contributed by atoms with Crippen LogP contribution < -0.4 is 15.2 Å². The first kappa shape index (κ1) is 14.9. The molecular formula is C16H18BrNO2. The number of hydrogen-bond donors (Lipinski definition) is 1. The van der Waals surface area contributed by atoms with Crippen LogP contribution in [0.25, 0.3) is 0 Å². The quantitative estimate of drug-likeness (QED) is 0.900. The molecule has 3 nitrogen and oxygen atoms in total. The van der Waals surface area contributed by atoms with E-state index in [2.05, 4.69) is 15.9 Å². The zero-order chi connectivity index (χ0) is 14.5. The van der Waals surface area contributed by atoms with Crippen molar-refractivity contribution in [2.75, 3.05) is 13.7 Å². The molecule has 0 saturated heterocycles. The van der Waals surface area contributed by atoms with Crippen molar-refractivity contribution < 1.29 is 9.47 Å². The van der Waals surface area contributed by atoms with E-state index in [1.54, 1.807) is 7.11 Å². The molecule has 4 heteroatoms. The Balaban J connectivity index is 2.33. The van der Waals surface area contributed by atoms with Gasteiger partial charge < -0.3 is 15.2 Å². The van der Waals surface area contributed by atoms with Crippen LogP contribution in [0.3, 0.4) is 0 Å². The first-order valence-electron chi connectivity index (χ1n) is 6.48. The number of methoxy groups -OCH3 is 1. The molecule has 0 fully saturated rings. The lowest BCUT2D eigenvalue weighted by Gasteiger charge is -2.17. The maximum absolute atomic E-state index is 6.34. The summed E-state index contributed by atoms with van der Waals surface area (Å²) in [5.74, 6) is 1.62. The third kappa shape index (κ3) is 3.14. The number of benzene rings is 2. The fourth-order valence-corrected chi connectivity index (χ4v) is 2.60. The topological polar surface area (TPSA) is 44.5 Å². The highest BCUT2D eigenvalue weighted by atomic mass is 79.9. The molecule has 1 atom stereocenters. The van der Waals surface area contributed by atoms with Crippen LogP contribution in [-0.4, -0.2) is 13.7 Å². The lowest BCUT2D eigenvalue weighted by atomic mass is 9.99. The summed E-state index contributed by atoms with van der Waals surface area (Å²) in [7, 11) is 1.65. The standard InChI is InChI=1S/C16H18BrNO2/c1-3-20-15-9-8-11(10-13(15)17)16(18)12-6-4-5-7-14(12)19-2/h4-10,16H,3,18H2,1-2H3. The summed E-state index contributed by atoms with van der Waals surface area (Å²) in [6.45, 7) is 2.59. The Hall–Kier alpha value is -1.52. The second-order valence-electron chi connectivity index (χ2n) is 4.34. The summed E-state index contributed by atoms with van der Waals surface area (Å²) in [4.78, 5) is 0. The van der Waals surface area contributed by atoms with Crippen LogP contribution in [0.5, 0.6) is 11.5 Å². The summed E-state index contributed by atoms with van der Waals surface area (Å²) in [6, 6.07) is 13.4. The molecule has 0 aromatic heterocycles. The van der Waals surface area contributed by atoms with Crippen molar-refractivity contribution in [1.82, 2.24) is 0 Å². The summed E-state index contributed by atoms with van der Waals surface area (Å²) < 4.78 is 11.8. The Morgan fingerprint density at radius 1 is 1.15 bits per heavy atom. The van der Waals surface area contributed by atoms with Gasteiger partial charge in [0.1, 0.15) is 11.5 Å². The molecule has 2 aromatic rings. The summed E-state index contributed by atoms with van der Waals surface area (Å²) in [5, 5.41) is 0. The van der Waals surface area contributed by atoms with Crippen molar-refractivity contribution in [3.63, 3.8) is 0 Å². The van der Waals surface area contributed by atoms with E-state index in [0.717, 1.165) is 27.1 Å². The molecule has 0 saturated carbocycles. The molecule has 0 heterocycles. The lowest BCUT2D eigenvalue weighted by molar-refractivity contribution is 0.338. The van der Waals surface area contributed by atoms with Crippen molar-refractivity contribution in [3.8, 4) is 11.5 Å². The van der Waals surface area contributed by atoms with E-state index in [-0.39, 0.29) is 6.04 Å². The molecule has 2 aromatic carbocycles. The monoisotopic (exact) mass is 335 g/mol. The molecule has 0 aliphatic heterocycles. The Morgan fingerprint density at radius 2 is 1.90 bits per heavy atom. The second kappa shape index (κ2) is 6.77. The maximum atomic E-state index is 6.34. The van der Waals surface area contributed by atoms with Crippen LogP contribution in [0.15, 0.2) is 46.9 Å². The van der Waals surface area contributed by atoms with Crippen molar-refractivity contribution >= 4 is 15.9 Å². The number of hydrogen-bond acceptors (Lipinski definition) is 3. The van der Waals surface area contributed by atoms with Crippen LogP contribution in [0.1, 0.15) is 24.1 Å². The van der Waals surface area contributed by atoms with E-state index in [1.807, 2.05) is 49.4 Å². The highest BCUT2D eigenvalue weighted by Gasteiger charge is 2.15. The zero-order valence-electron chi connectivity index (χ0n) is 11.6. The third-order valence-corrected chi connectivity index (χ3v) is 3.71. The van der Waals surface area contributed by atoms with Crippen LogP contribution in [0, 0.1) is 0 Å². The summed E-state index contributed by atoms with van der Waals surface area (Å²) >= 11 is 3.51. The number of nitrogens with two attached hydrogens (primary N) is 1. The van der Waals surface area contributed by atoms with Gasteiger partial charge in [-0.1, -0.05) is 24.3 Å². The minimum Gasteiger partial charge on any atom is -0.496 e. The van der Waals surface area contributed by atoms with Gasteiger partial charge in [0, 0.05) is 5.56 Å². The average Bonchev–Trinajstić information content (AvgIpc) is 2.48. The average molecular weight is 336 g/mol. The molecule has 0 radical (unpaired) electrons. The van der Waals surface area contributed by atoms with Gasteiger partial charge in [-0.05, 0) is 46.6 Å². The van der Waals surface area contributed by atoms with Crippen molar-refractivity contribution in [3.05, 3.63) is 58.1 Å². The molecule has 2 rings (SSSR count). The molecule has 0 amide bonds. The first-order chi connectivity index (χ1) is 9.67. The lowest BCUT2D eigenvalue weighted by Crippen LogP contribution is -2.13. The highest BCUT2D eigenvalue weighted by Crippen LogP contribution is 2.32. The first-order valence-corrected chi connectivity index (χ1v) is 7.27. The van der Waals surface area contributed by atoms with Gasteiger partial charge in [-0.3, -0.25) is 0 Å². The van der Waals surface area contributed by atoms with E-state index in [1.165, 1.54) is 0 Å². The van der Waals surface area contributed by atoms with E-state index >= 15 is 0 Å². The van der Waals surface area contributed by atoms with Gasteiger partial charge in [-0.25, -0.2) is 0 Å². The number of ether oxygens (including phenoxy) is 2. The van der Waals surface area contributed by atoms with Gasteiger partial charge in [0.25, 0.3) is 0 Å². The molecule has 2 N–H and O–H groups in total. The fourth-order valence-electron chi connectivity index (χ4n) is 2.09. The predicted molar refractivity (Wildman–Crippen MR) is 84.3 cm³/mol. The summed E-state index contributed by atoms with van der Waals surface area (Å²) in [6.07, 6.45) is 0. The zero-order valence-corrected chi connectivity index (χ0v) is 13.2. The Labute approximate surface area is 127 Å². The van der Waals surface area contributed by atoms with E-state index in [9.17, 15) is 0 Å². The van der Waals surface area contributed by atoms with Crippen LogP contribution in [-0.2, 0) is 0 Å². The molecule has 106 valence electrons. The molecular weight excluding hydrogens is 318 g/mol. The fraction of sp³-hybridized carbons (Fsp3) is 0.250. The normalized spacial score (nSPS) is 12.0. The summed E-state index contributed by atoms with van der Waals surface area (Å²) in [5.41, 5.74) is 8.31. The number of rotatable bonds is 5. The van der Waals surface area contributed by atoms with Gasteiger partial charge in [0.15, 0.2) is 0 Å².